The summed E-state index contributed by atoms with van der Waals surface area (Å²) in [5.41, 5.74) is -13.4. The Balaban J connectivity index is 2.43. The summed E-state index contributed by atoms with van der Waals surface area (Å²) in [6.45, 7) is 0. The zero-order valence-electron chi connectivity index (χ0n) is 11.7. The van der Waals surface area contributed by atoms with Gasteiger partial charge in [0.2, 0.25) is 5.67 Å². The van der Waals surface area contributed by atoms with Crippen molar-refractivity contribution in [3.05, 3.63) is 47.3 Å². The first-order chi connectivity index (χ1) is 11.1. The number of hydrogen-bond donors (Lipinski definition) is 2. The number of hydrogen-bond acceptors (Lipinski definition) is 2. The molecule has 3 unspecified atom stereocenters. The SMILES string of the molecule is OC1=CC2=CC=C3C(O)(F)C(F)(F)C(F)(F)C(F)(F)C3(F)C2(F)C=C1. The van der Waals surface area contributed by atoms with Crippen molar-refractivity contribution in [3.8, 4) is 0 Å². The van der Waals surface area contributed by atoms with Crippen LogP contribution in [0, 0.1) is 0 Å². The van der Waals surface area contributed by atoms with E-state index in [9.17, 15) is 35.8 Å². The largest absolute Gasteiger partial charge is 0.508 e. The fraction of sp³-hybridized carbons (Fsp3) is 0.429. The molecular formula is C14H7F9O2. The molecule has 0 aromatic carbocycles. The molecule has 3 aliphatic rings. The second-order valence-electron chi connectivity index (χ2n) is 5.82. The van der Waals surface area contributed by atoms with E-state index in [-0.39, 0.29) is 12.2 Å². The molecule has 1 fully saturated rings. The van der Waals surface area contributed by atoms with Gasteiger partial charge in [-0.2, -0.15) is 30.7 Å². The third kappa shape index (κ3) is 1.54. The summed E-state index contributed by atoms with van der Waals surface area (Å²) in [4.78, 5) is 0. The highest BCUT2D eigenvalue weighted by Crippen LogP contribution is 2.70. The molecule has 25 heavy (non-hydrogen) atoms. The predicted octanol–water partition coefficient (Wildman–Crippen LogP) is 3.86. The zero-order valence-corrected chi connectivity index (χ0v) is 11.7. The van der Waals surface area contributed by atoms with Crippen LogP contribution in [0.1, 0.15) is 0 Å². The fourth-order valence-corrected chi connectivity index (χ4v) is 3.10. The molecule has 2 N–H and O–H groups in total. The van der Waals surface area contributed by atoms with Gasteiger partial charge in [0.1, 0.15) is 5.76 Å². The average molecular weight is 378 g/mol. The lowest BCUT2D eigenvalue weighted by Crippen LogP contribution is -2.81. The van der Waals surface area contributed by atoms with Crippen LogP contribution in [0.4, 0.5) is 39.5 Å². The molecule has 0 amide bonds. The maximum Gasteiger partial charge on any atom is 0.382 e. The molecule has 0 aromatic rings. The van der Waals surface area contributed by atoms with E-state index in [1.807, 2.05) is 0 Å². The van der Waals surface area contributed by atoms with Gasteiger partial charge in [-0.1, -0.05) is 12.2 Å². The highest BCUT2D eigenvalue weighted by molar-refractivity contribution is 5.60. The van der Waals surface area contributed by atoms with Crippen LogP contribution >= 0.6 is 0 Å². The van der Waals surface area contributed by atoms with Gasteiger partial charge in [-0.3, -0.25) is 0 Å². The summed E-state index contributed by atoms with van der Waals surface area (Å²) < 4.78 is 127. The van der Waals surface area contributed by atoms with Crippen LogP contribution in [0.15, 0.2) is 47.3 Å². The van der Waals surface area contributed by atoms with Crippen LogP contribution < -0.4 is 0 Å². The van der Waals surface area contributed by atoms with Crippen molar-refractivity contribution in [1.82, 2.24) is 0 Å². The number of rotatable bonds is 0. The second-order valence-corrected chi connectivity index (χ2v) is 5.82. The van der Waals surface area contributed by atoms with Gasteiger partial charge in [-0.15, -0.1) is 0 Å². The lowest BCUT2D eigenvalue weighted by molar-refractivity contribution is -0.423. The summed E-state index contributed by atoms with van der Waals surface area (Å²) in [5, 5.41) is 18.4. The van der Waals surface area contributed by atoms with Crippen LogP contribution in [0.2, 0.25) is 0 Å². The average Bonchev–Trinajstić information content (AvgIpc) is 2.47. The summed E-state index contributed by atoms with van der Waals surface area (Å²) in [6, 6.07) is 0. The van der Waals surface area contributed by atoms with Crippen molar-refractivity contribution >= 4 is 0 Å². The summed E-state index contributed by atoms with van der Waals surface area (Å²) >= 11 is 0. The smallest absolute Gasteiger partial charge is 0.382 e. The quantitative estimate of drug-likeness (QED) is 0.629. The van der Waals surface area contributed by atoms with Crippen LogP contribution in [-0.2, 0) is 0 Å². The number of aliphatic hydroxyl groups excluding tert-OH is 1. The Labute approximate surface area is 133 Å². The van der Waals surface area contributed by atoms with Gasteiger partial charge < -0.3 is 10.2 Å². The van der Waals surface area contributed by atoms with Gasteiger partial charge in [0.25, 0.3) is 0 Å². The van der Waals surface area contributed by atoms with E-state index in [1.54, 1.807) is 0 Å². The Morgan fingerprint density at radius 1 is 0.760 bits per heavy atom. The lowest BCUT2D eigenvalue weighted by Gasteiger charge is -2.55. The summed E-state index contributed by atoms with van der Waals surface area (Å²) in [5.74, 6) is -26.1. The van der Waals surface area contributed by atoms with E-state index < -0.39 is 51.9 Å². The first-order valence-electron chi connectivity index (χ1n) is 6.55. The maximum absolute atomic E-state index is 15.2. The monoisotopic (exact) mass is 378 g/mol. The van der Waals surface area contributed by atoms with Crippen molar-refractivity contribution in [2.45, 2.75) is 35.0 Å². The molecule has 0 bridgehead atoms. The molecular weight excluding hydrogens is 371 g/mol. The first kappa shape index (κ1) is 17.9. The van der Waals surface area contributed by atoms with Crippen LogP contribution in [0.25, 0.3) is 0 Å². The number of allylic oxidation sites excluding steroid dienone is 6. The van der Waals surface area contributed by atoms with Crippen LogP contribution in [-0.4, -0.2) is 45.2 Å². The molecule has 1 saturated carbocycles. The highest BCUT2D eigenvalue weighted by Gasteiger charge is 2.95. The minimum absolute atomic E-state index is 0.134. The minimum Gasteiger partial charge on any atom is -0.508 e. The molecule has 0 aliphatic heterocycles. The standard InChI is InChI=1S/C14H7F9O2/c15-9-4-3-7(24)5-6(9)1-2-8-10(9,16)12(18,19)14(22,23)13(20,21)11(8,17)25/h1-5,24-25H. The lowest BCUT2D eigenvalue weighted by atomic mass is 9.59. The van der Waals surface area contributed by atoms with Gasteiger partial charge in [0, 0.05) is 11.1 Å². The zero-order chi connectivity index (χ0) is 19.3. The Hall–Kier alpha value is -1.91. The van der Waals surface area contributed by atoms with Crippen LogP contribution in [0.3, 0.4) is 0 Å². The van der Waals surface area contributed by atoms with Gasteiger partial charge in [-0.05, 0) is 18.2 Å². The van der Waals surface area contributed by atoms with Crippen molar-refractivity contribution in [2.75, 3.05) is 0 Å². The molecule has 11 heteroatoms. The minimum atomic E-state index is -6.78. The molecule has 0 aromatic heterocycles. The van der Waals surface area contributed by atoms with Gasteiger partial charge >= 0.3 is 23.6 Å². The topological polar surface area (TPSA) is 40.5 Å². The Morgan fingerprint density at radius 2 is 1.32 bits per heavy atom. The highest BCUT2D eigenvalue weighted by atomic mass is 19.4. The van der Waals surface area contributed by atoms with E-state index in [1.165, 1.54) is 0 Å². The summed E-state index contributed by atoms with van der Waals surface area (Å²) in [7, 11) is 0. The third-order valence-corrected chi connectivity index (χ3v) is 4.50. The Kier molecular flexibility index (Phi) is 3.04. The van der Waals surface area contributed by atoms with Gasteiger partial charge in [0.15, 0.2) is 5.67 Å². The molecule has 2 nitrogen and oxygen atoms in total. The van der Waals surface area contributed by atoms with E-state index >= 15 is 8.78 Å². The van der Waals surface area contributed by atoms with E-state index in [4.69, 9.17) is 5.11 Å². The van der Waals surface area contributed by atoms with Crippen molar-refractivity contribution in [3.63, 3.8) is 0 Å². The predicted molar refractivity (Wildman–Crippen MR) is 64.6 cm³/mol. The molecule has 3 rings (SSSR count). The number of alkyl halides is 9. The van der Waals surface area contributed by atoms with Gasteiger partial charge in [-0.25, -0.2) is 8.78 Å². The number of halogens is 9. The van der Waals surface area contributed by atoms with Crippen molar-refractivity contribution in [1.29, 1.82) is 0 Å². The first-order valence-corrected chi connectivity index (χ1v) is 6.55. The van der Waals surface area contributed by atoms with Crippen LogP contribution in [0.5, 0.6) is 0 Å². The van der Waals surface area contributed by atoms with E-state index in [0.29, 0.717) is 18.2 Å². The normalized spacial score (nSPS) is 43.4. The van der Waals surface area contributed by atoms with Gasteiger partial charge in [0.05, 0.1) is 0 Å². The van der Waals surface area contributed by atoms with E-state index in [0.717, 1.165) is 0 Å². The Morgan fingerprint density at radius 3 is 1.88 bits per heavy atom. The number of aliphatic hydroxyl groups is 2. The molecule has 0 spiro atoms. The summed E-state index contributed by atoms with van der Waals surface area (Å²) in [6.07, 6.45) is 0.678. The van der Waals surface area contributed by atoms with Crippen molar-refractivity contribution in [2.24, 2.45) is 0 Å². The third-order valence-electron chi connectivity index (χ3n) is 4.50. The fourth-order valence-electron chi connectivity index (χ4n) is 3.10. The second kappa shape index (κ2) is 4.25. The molecule has 0 heterocycles. The van der Waals surface area contributed by atoms with E-state index in [2.05, 4.69) is 0 Å². The molecule has 138 valence electrons. The molecule has 3 aliphatic carbocycles. The molecule has 0 radical (unpaired) electrons. The number of fused-ring (bicyclic) bond motifs is 3. The van der Waals surface area contributed by atoms with Crippen molar-refractivity contribution < 1.29 is 49.7 Å². The Bertz CT molecular complexity index is 777. The molecule has 0 saturated heterocycles. The maximum atomic E-state index is 15.2. The molecule has 3 atom stereocenters.